The van der Waals surface area contributed by atoms with Gasteiger partial charge < -0.3 is 15.5 Å². The maximum absolute atomic E-state index is 12.3. The molecule has 4 nitrogen and oxygen atoms in total. The predicted octanol–water partition coefficient (Wildman–Crippen LogP) is 13.2. The molecule has 0 spiro atoms. The highest BCUT2D eigenvalue weighted by Crippen LogP contribution is 2.06. The Morgan fingerprint density at radius 3 is 1.28 bits per heavy atom. The molecule has 3 N–H and O–H groups in total. The van der Waals surface area contributed by atoms with Gasteiger partial charge in [0.1, 0.15) is 0 Å². The molecule has 4 heteroatoms. The first-order valence-corrected chi connectivity index (χ1v) is 20.9. The zero-order chi connectivity index (χ0) is 38.6. The van der Waals surface area contributed by atoms with Crippen LogP contribution in [0, 0.1) is 0 Å². The fourth-order valence-corrected chi connectivity index (χ4v) is 5.16. The lowest BCUT2D eigenvalue weighted by atomic mass is 10.1. The molecular weight excluding hydrogens is 651 g/mol. The molecule has 0 fully saturated rings. The maximum Gasteiger partial charge on any atom is 0.220 e. The van der Waals surface area contributed by atoms with Gasteiger partial charge in [-0.05, 0) is 109 Å². The standard InChI is InChI=1S/C49H77NO3/c1-3-5-7-9-11-13-15-17-19-20-21-22-23-24-25-26-27-28-29-30-31-33-35-37-39-41-43-45-49(53)50-47(46-51)48(52)44-42-40-38-36-34-32-18-16-14-12-10-8-6-4-2/h5,7,11,13-14,16-17,19,21-22,24-25,27-28,30-31,34-37,42,44,47-48,51-52H,3-4,6,8-10,12,15,18,20,23,26,29,32-33,38-41,43,45-46H2,1-2H3,(H,50,53)/b7-5-,13-11-,16-14+,19-17-,22-21-,25-24-,28-27-,31-30-,36-34+,37-35-,44-42+. The van der Waals surface area contributed by atoms with Crippen molar-refractivity contribution in [2.24, 2.45) is 0 Å². The lowest BCUT2D eigenvalue weighted by Gasteiger charge is -2.19. The second kappa shape index (κ2) is 42.9. The van der Waals surface area contributed by atoms with Crippen LogP contribution in [0.15, 0.2) is 134 Å². The summed E-state index contributed by atoms with van der Waals surface area (Å²) in [6.45, 7) is 4.11. The zero-order valence-corrected chi connectivity index (χ0v) is 33.7. The number of carbonyl (C=O) groups excluding carboxylic acids is 1. The summed E-state index contributed by atoms with van der Waals surface area (Å²) in [5.41, 5.74) is 0. The van der Waals surface area contributed by atoms with E-state index in [4.69, 9.17) is 0 Å². The summed E-state index contributed by atoms with van der Waals surface area (Å²) in [6, 6.07) is -0.678. The second-order valence-electron chi connectivity index (χ2n) is 13.3. The van der Waals surface area contributed by atoms with Crippen molar-refractivity contribution in [2.75, 3.05) is 6.61 Å². The van der Waals surface area contributed by atoms with E-state index in [1.807, 2.05) is 6.08 Å². The fraction of sp³-hybridized carbons (Fsp3) is 0.531. The largest absolute Gasteiger partial charge is 0.394 e. The quantitative estimate of drug-likeness (QED) is 0.0450. The van der Waals surface area contributed by atoms with E-state index in [0.717, 1.165) is 96.3 Å². The van der Waals surface area contributed by atoms with Crippen LogP contribution in [0.3, 0.4) is 0 Å². The van der Waals surface area contributed by atoms with E-state index < -0.39 is 12.1 Å². The minimum atomic E-state index is -0.897. The van der Waals surface area contributed by atoms with Gasteiger partial charge in [-0.1, -0.05) is 167 Å². The first-order chi connectivity index (χ1) is 26.2. The van der Waals surface area contributed by atoms with Gasteiger partial charge in [-0.25, -0.2) is 0 Å². The number of amides is 1. The Morgan fingerprint density at radius 2 is 0.849 bits per heavy atom. The van der Waals surface area contributed by atoms with E-state index >= 15 is 0 Å². The van der Waals surface area contributed by atoms with E-state index in [-0.39, 0.29) is 12.5 Å². The Morgan fingerprint density at radius 1 is 0.472 bits per heavy atom. The van der Waals surface area contributed by atoms with E-state index in [2.05, 4.69) is 141 Å². The van der Waals surface area contributed by atoms with Crippen molar-refractivity contribution in [3.05, 3.63) is 134 Å². The number of carbonyl (C=O) groups is 1. The molecule has 0 aromatic rings. The van der Waals surface area contributed by atoms with Gasteiger partial charge >= 0.3 is 0 Å². The Hall–Kier alpha value is -3.47. The molecule has 296 valence electrons. The Kier molecular flexibility index (Phi) is 40.1. The van der Waals surface area contributed by atoms with Crippen LogP contribution in [0.1, 0.15) is 149 Å². The summed E-state index contributed by atoms with van der Waals surface area (Å²) in [7, 11) is 0. The zero-order valence-electron chi connectivity index (χ0n) is 33.7. The van der Waals surface area contributed by atoms with E-state index in [1.165, 1.54) is 32.1 Å². The molecule has 2 atom stereocenters. The minimum Gasteiger partial charge on any atom is -0.394 e. The van der Waals surface area contributed by atoms with Crippen molar-refractivity contribution in [1.82, 2.24) is 5.32 Å². The SMILES string of the molecule is CC/C=C\C/C=C\C/C=C\C/C=C\C/C=C\C/C=C\C/C=C\C/C=C\CCCCC(=O)NC(CO)C(O)/C=C/CC/C=C/CC/C=C/CCCCCC. The van der Waals surface area contributed by atoms with Crippen LogP contribution in [0.25, 0.3) is 0 Å². The molecule has 0 aliphatic heterocycles. The predicted molar refractivity (Wildman–Crippen MR) is 234 cm³/mol. The molecule has 0 saturated carbocycles. The van der Waals surface area contributed by atoms with Gasteiger partial charge in [-0.15, -0.1) is 0 Å². The van der Waals surface area contributed by atoms with Crippen LogP contribution in [0.5, 0.6) is 0 Å². The molecule has 0 bridgehead atoms. The Balaban J connectivity index is 3.83. The molecule has 0 aromatic carbocycles. The second-order valence-corrected chi connectivity index (χ2v) is 13.3. The number of nitrogens with one attached hydrogen (secondary N) is 1. The van der Waals surface area contributed by atoms with Gasteiger partial charge in [-0.3, -0.25) is 4.79 Å². The van der Waals surface area contributed by atoms with Crippen LogP contribution < -0.4 is 5.32 Å². The number of rotatable bonds is 35. The summed E-state index contributed by atoms with van der Waals surface area (Å²) in [5.74, 6) is -0.129. The number of unbranched alkanes of at least 4 members (excludes halogenated alkanes) is 8. The third kappa shape index (κ3) is 39.6. The molecule has 0 radical (unpaired) electrons. The lowest BCUT2D eigenvalue weighted by Crippen LogP contribution is -2.45. The van der Waals surface area contributed by atoms with Gasteiger partial charge in [0.15, 0.2) is 0 Å². The molecule has 0 aliphatic rings. The van der Waals surface area contributed by atoms with E-state index in [0.29, 0.717) is 6.42 Å². The number of aliphatic hydroxyl groups is 2. The highest BCUT2D eigenvalue weighted by molar-refractivity contribution is 5.76. The van der Waals surface area contributed by atoms with E-state index in [1.54, 1.807) is 6.08 Å². The van der Waals surface area contributed by atoms with E-state index in [9.17, 15) is 15.0 Å². The van der Waals surface area contributed by atoms with Gasteiger partial charge in [-0.2, -0.15) is 0 Å². The van der Waals surface area contributed by atoms with Crippen molar-refractivity contribution >= 4 is 5.91 Å². The van der Waals surface area contributed by atoms with Crippen molar-refractivity contribution in [1.29, 1.82) is 0 Å². The van der Waals surface area contributed by atoms with Crippen molar-refractivity contribution in [3.63, 3.8) is 0 Å². The highest BCUT2D eigenvalue weighted by Gasteiger charge is 2.17. The monoisotopic (exact) mass is 728 g/mol. The average molecular weight is 728 g/mol. The topological polar surface area (TPSA) is 69.6 Å². The van der Waals surface area contributed by atoms with Crippen molar-refractivity contribution in [3.8, 4) is 0 Å². The molecular formula is C49H77NO3. The minimum absolute atomic E-state index is 0.129. The molecule has 1 amide bonds. The molecule has 0 saturated heterocycles. The smallest absolute Gasteiger partial charge is 0.220 e. The first kappa shape index (κ1) is 49.5. The summed E-state index contributed by atoms with van der Waals surface area (Å²) in [4.78, 5) is 12.3. The molecule has 2 unspecified atom stereocenters. The van der Waals surface area contributed by atoms with Gasteiger partial charge in [0, 0.05) is 6.42 Å². The lowest BCUT2D eigenvalue weighted by molar-refractivity contribution is -0.123. The number of hydrogen-bond donors (Lipinski definition) is 3. The fourth-order valence-electron chi connectivity index (χ4n) is 5.16. The van der Waals surface area contributed by atoms with Crippen molar-refractivity contribution < 1.29 is 15.0 Å². The molecule has 0 aliphatic carbocycles. The summed E-state index contributed by atoms with van der Waals surface area (Å²) >= 11 is 0. The third-order valence-electron chi connectivity index (χ3n) is 8.35. The normalized spacial score (nSPS) is 14.4. The third-order valence-corrected chi connectivity index (χ3v) is 8.35. The first-order valence-electron chi connectivity index (χ1n) is 20.9. The van der Waals surface area contributed by atoms with Crippen molar-refractivity contribution in [2.45, 2.75) is 161 Å². The van der Waals surface area contributed by atoms with Crippen LogP contribution in [0.4, 0.5) is 0 Å². The summed E-state index contributed by atoms with van der Waals surface area (Å²) < 4.78 is 0. The maximum atomic E-state index is 12.3. The summed E-state index contributed by atoms with van der Waals surface area (Å²) in [5, 5.41) is 22.9. The number of hydrogen-bond acceptors (Lipinski definition) is 3. The molecule has 0 heterocycles. The summed E-state index contributed by atoms with van der Waals surface area (Å²) in [6.07, 6.45) is 68.3. The average Bonchev–Trinajstić information content (AvgIpc) is 3.16. The highest BCUT2D eigenvalue weighted by atomic mass is 16.3. The van der Waals surface area contributed by atoms with Crippen LogP contribution in [-0.2, 0) is 4.79 Å². The van der Waals surface area contributed by atoms with Gasteiger partial charge in [0.05, 0.1) is 18.8 Å². The van der Waals surface area contributed by atoms with Crippen LogP contribution in [-0.4, -0.2) is 34.9 Å². The number of allylic oxidation sites excluding steroid dienone is 21. The van der Waals surface area contributed by atoms with Crippen LogP contribution in [0.2, 0.25) is 0 Å². The molecule has 53 heavy (non-hydrogen) atoms. The Bertz CT molecular complexity index is 1140. The Labute approximate surface area is 326 Å². The number of aliphatic hydroxyl groups excluding tert-OH is 2. The van der Waals surface area contributed by atoms with Crippen LogP contribution >= 0.6 is 0 Å². The molecule has 0 rings (SSSR count). The molecule has 0 aromatic heterocycles. The van der Waals surface area contributed by atoms with Gasteiger partial charge in [0.25, 0.3) is 0 Å². The van der Waals surface area contributed by atoms with Gasteiger partial charge in [0.2, 0.25) is 5.91 Å².